The van der Waals surface area contributed by atoms with Crippen molar-refractivity contribution in [3.05, 3.63) is 356 Å². The molecule has 0 amide bonds. The summed E-state index contributed by atoms with van der Waals surface area (Å²) in [4.78, 5) is 154. The van der Waals surface area contributed by atoms with Crippen molar-refractivity contribution in [2.24, 2.45) is 21.1 Å². The summed E-state index contributed by atoms with van der Waals surface area (Å²) >= 11 is 4.81. The van der Waals surface area contributed by atoms with Gasteiger partial charge in [-0.25, -0.2) is 59.0 Å². The summed E-state index contributed by atoms with van der Waals surface area (Å²) in [6.07, 6.45) is 24.9. The van der Waals surface area contributed by atoms with Gasteiger partial charge in [0.25, 0.3) is 22.2 Å². The summed E-state index contributed by atoms with van der Waals surface area (Å²) in [6, 6.07) is 40.2. The van der Waals surface area contributed by atoms with Gasteiger partial charge in [0, 0.05) is 206 Å². The molecule has 1 aliphatic rings. The van der Waals surface area contributed by atoms with Crippen LogP contribution >= 0.6 is 34.0 Å². The number of aromatic nitrogens is 30. The molecule has 1 aliphatic heterocycles. The second kappa shape index (κ2) is 37.0. The fourth-order valence-corrected chi connectivity index (χ4v) is 20.2. The average molecular weight is 1890 g/mol. The van der Waals surface area contributed by atoms with Gasteiger partial charge < -0.3 is 22.8 Å². The normalized spacial score (nSPS) is 12.2. The number of hydrogen-bond donors (Lipinski definition) is 4. The summed E-state index contributed by atoms with van der Waals surface area (Å²) in [6.45, 7) is 16.0. The first-order valence-corrected chi connectivity index (χ1v) is 47.5. The maximum Gasteiger partial charge on any atom is 0.330 e. The van der Waals surface area contributed by atoms with Gasteiger partial charge in [0.2, 0.25) is 0 Å². The fourth-order valence-electron chi connectivity index (χ4n) is 17.8. The second-order valence-electron chi connectivity index (χ2n) is 33.7. The van der Waals surface area contributed by atoms with Crippen molar-refractivity contribution in [2.45, 2.75) is 145 Å². The molecule has 694 valence electrons. The minimum absolute atomic E-state index is 0.385. The third-order valence-electron chi connectivity index (χ3n) is 24.3. The molecule has 0 spiro atoms. The molecular weight excluding hydrogens is 1800 g/mol. The highest BCUT2D eigenvalue weighted by Crippen LogP contribution is 2.30. The van der Waals surface area contributed by atoms with Crippen LogP contribution in [0.3, 0.4) is 0 Å². The Bertz CT molecular complexity index is 8730. The Kier molecular flexibility index (Phi) is 24.0. The predicted octanol–water partition coefficient (Wildman–Crippen LogP) is 10.7. The zero-order valence-corrected chi connectivity index (χ0v) is 78.8. The minimum Gasteiger partial charge on any atom is -0.335 e. The molecule has 0 unspecified atom stereocenters. The van der Waals surface area contributed by atoms with Crippen LogP contribution in [0.5, 0.6) is 0 Å². The molecule has 18 aromatic heterocycles. The van der Waals surface area contributed by atoms with E-state index in [1.165, 1.54) is 28.0 Å². The fraction of sp³-hybridized carbons (Fsp3) is 0.260. The van der Waals surface area contributed by atoms with Crippen molar-refractivity contribution in [2.75, 3.05) is 0 Å². The van der Waals surface area contributed by atoms with Crippen LogP contribution in [0.4, 0.5) is 0 Å². The van der Waals surface area contributed by atoms with Gasteiger partial charge in [0.05, 0.1) is 39.9 Å². The zero-order chi connectivity index (χ0) is 94.7. The zero-order valence-electron chi connectivity index (χ0n) is 76.3. The highest BCUT2D eigenvalue weighted by Gasteiger charge is 2.27. The molecule has 22 aromatic rings. The number of thiazole rings is 3. The highest BCUT2D eigenvalue weighted by atomic mass is 32.1. The molecule has 38 nitrogen and oxygen atoms in total. The van der Waals surface area contributed by atoms with E-state index in [1.54, 1.807) is 48.1 Å². The number of fused-ring (bicyclic) bond motifs is 8. The Morgan fingerprint density at radius 2 is 0.664 bits per heavy atom. The number of imidazole rings is 8. The smallest absolute Gasteiger partial charge is 0.330 e. The summed E-state index contributed by atoms with van der Waals surface area (Å²) < 4.78 is 27.1. The van der Waals surface area contributed by atoms with E-state index in [-0.39, 0.29) is 0 Å². The predicted molar refractivity (Wildman–Crippen MR) is 525 cm³/mol. The number of benzene rings is 4. The van der Waals surface area contributed by atoms with E-state index in [0.29, 0.717) is 146 Å². The molecule has 0 atom stereocenters. The standard InChI is InChI=1S/C26H28N8O2.C25H24N8O2S.C24H22N8O2S.C21H20N6O2S/c1-3-33-24-23(25(35)29-26(33)36)34(15-17-7-9-18(10-8-17)20-11-13-31(2)30-20)22(28-24)14-19-16-32-12-5-4-6-21(32)27-19;1-4-32-22-21(23(34)28-24(32)35)33(13-16-5-7-17(8-6-16)19-9-10-30(3)29-19)20(27-22)11-18-14-31-12-15(2)36-25(31)26-18;1-3-31-21-20(22(33)27-23(31)34)32(19(26-21)12-17-14-30-10-11-35-24(30)25-17)13-15-4-6-16(7-5-15)18-8-9-29(2)28-18;1-3-26-18-17(19(28)24-20(26)29)27(11-14-7-5-4-6-8-14)16(23-18)9-15-12-25-10-13(2)30-21(25)22-15/h7-11,13,16H,3-6,12,14-15H2,1-2H3,(H,29,35,36);5-10,12,14H,4,11,13H2,1-3H3,(H,28,34,35);4-11,14H,3,12-13H2,1-2H3,(H,27,33,34);4-8,10,12H,3,9,11H2,1-2H3,(H,24,28,29). The van der Waals surface area contributed by atoms with E-state index >= 15 is 0 Å². The largest absolute Gasteiger partial charge is 0.335 e. The number of hydrogen-bond acceptors (Lipinski definition) is 22. The minimum atomic E-state index is -0.455. The van der Waals surface area contributed by atoms with Crippen molar-refractivity contribution in [3.8, 4) is 33.8 Å². The van der Waals surface area contributed by atoms with E-state index in [0.717, 1.165) is 125 Å². The molecule has 41 heteroatoms. The molecule has 0 radical (unpaired) electrons. The first-order valence-electron chi connectivity index (χ1n) is 45.0. The molecule has 137 heavy (non-hydrogen) atoms. The van der Waals surface area contributed by atoms with Gasteiger partial charge in [-0.3, -0.25) is 84.6 Å². The van der Waals surface area contributed by atoms with E-state index < -0.39 is 45.0 Å². The van der Waals surface area contributed by atoms with Gasteiger partial charge in [0.15, 0.2) is 59.5 Å². The summed E-state index contributed by atoms with van der Waals surface area (Å²) in [5.74, 6) is 3.88. The lowest BCUT2D eigenvalue weighted by Gasteiger charge is -2.11. The van der Waals surface area contributed by atoms with Gasteiger partial charge in [-0.05, 0) is 94.8 Å². The van der Waals surface area contributed by atoms with Crippen molar-refractivity contribution >= 4 is 93.5 Å². The topological polar surface area (TPSA) is 414 Å². The molecule has 0 aliphatic carbocycles. The van der Waals surface area contributed by atoms with E-state index in [1.807, 2.05) is 270 Å². The van der Waals surface area contributed by atoms with Crippen molar-refractivity contribution < 1.29 is 0 Å². The Balaban J connectivity index is 0.000000113. The van der Waals surface area contributed by atoms with Gasteiger partial charge in [-0.1, -0.05) is 103 Å². The number of nitrogens with one attached hydrogen (secondary N) is 4. The van der Waals surface area contributed by atoms with Gasteiger partial charge >= 0.3 is 22.8 Å². The maximum atomic E-state index is 13.0. The summed E-state index contributed by atoms with van der Waals surface area (Å²) in [7, 11) is 5.68. The first-order chi connectivity index (χ1) is 66.4. The molecule has 19 heterocycles. The van der Waals surface area contributed by atoms with Crippen LogP contribution in [0.15, 0.2) is 227 Å². The Morgan fingerprint density at radius 3 is 0.978 bits per heavy atom. The lowest BCUT2D eigenvalue weighted by atomic mass is 10.1. The molecule has 0 saturated carbocycles. The molecule has 0 fully saturated rings. The number of nitrogens with zero attached hydrogens (tertiary/aromatic N) is 26. The van der Waals surface area contributed by atoms with E-state index in [9.17, 15) is 38.4 Å². The monoisotopic (exact) mass is 1890 g/mol. The number of aromatic amines is 4. The third-order valence-corrected chi connectivity index (χ3v) is 26.9. The first kappa shape index (κ1) is 88.7. The van der Waals surface area contributed by atoms with E-state index in [4.69, 9.17) is 34.9 Å². The van der Waals surface area contributed by atoms with Crippen LogP contribution < -0.4 is 45.0 Å². The van der Waals surface area contributed by atoms with E-state index in [2.05, 4.69) is 57.9 Å². The Hall–Kier alpha value is -16.2. The Labute approximate surface area is 788 Å². The average Bonchev–Trinajstić information content (AvgIpc) is 1.62. The lowest BCUT2D eigenvalue weighted by molar-refractivity contribution is 0.522. The lowest BCUT2D eigenvalue weighted by Crippen LogP contribution is -2.30. The van der Waals surface area contributed by atoms with Crippen LogP contribution in [0.25, 0.3) is 93.3 Å². The maximum absolute atomic E-state index is 13.0. The van der Waals surface area contributed by atoms with Crippen molar-refractivity contribution in [1.82, 2.24) is 143 Å². The number of H-pyrrole nitrogens is 4. The van der Waals surface area contributed by atoms with Crippen molar-refractivity contribution in [3.63, 3.8) is 0 Å². The molecular formula is C96H94N30O8S3. The summed E-state index contributed by atoms with van der Waals surface area (Å²) in [5.41, 5.74) is 13.0. The van der Waals surface area contributed by atoms with Crippen LogP contribution in [0.2, 0.25) is 0 Å². The quantitative estimate of drug-likeness (QED) is 0.0462. The third kappa shape index (κ3) is 17.8. The summed E-state index contributed by atoms with van der Waals surface area (Å²) in [5, 5.41) is 15.4. The highest BCUT2D eigenvalue weighted by molar-refractivity contribution is 7.17. The second-order valence-corrected chi connectivity index (χ2v) is 37.0. The molecule has 0 saturated heterocycles. The molecule has 0 bridgehead atoms. The van der Waals surface area contributed by atoms with Crippen LogP contribution in [0.1, 0.15) is 124 Å². The van der Waals surface area contributed by atoms with Crippen LogP contribution in [0, 0.1) is 13.8 Å². The molecule has 23 rings (SSSR count). The number of rotatable bonds is 23. The van der Waals surface area contributed by atoms with Crippen LogP contribution in [-0.4, -0.2) is 143 Å². The van der Waals surface area contributed by atoms with Gasteiger partial charge in [-0.15, -0.1) is 34.0 Å². The van der Waals surface area contributed by atoms with Gasteiger partial charge in [-0.2, -0.15) is 15.3 Å². The molecule has 4 N–H and O–H groups in total. The SMILES string of the molecule is CCn1c(=O)[nH]c(=O)c2c1nc(Cc1cn3c(n1)CCCC3)n2Cc1ccc(-c2ccn(C)n2)cc1.CCn1c(=O)[nH]c(=O)c2c1nc(Cc1cn3cc(C)sc3n1)n2Cc1ccc(-c2ccn(C)n2)cc1.CCn1c(=O)[nH]c(=O)c2c1nc(Cc1cn3cc(C)sc3n1)n2Cc1ccccc1.CCn1c(=O)[nH]c(=O)c2c1nc(Cc1cn3ccsc3n1)n2Cc1ccc(-c2ccn(C)n2)cc1. The van der Waals surface area contributed by atoms with Crippen molar-refractivity contribution in [1.29, 1.82) is 0 Å². The van der Waals surface area contributed by atoms with Gasteiger partial charge in [0.1, 0.15) is 29.1 Å². The number of aryl methyl sites for hydroxylation is 11. The Morgan fingerprint density at radius 1 is 0.336 bits per heavy atom. The van der Waals surface area contributed by atoms with Crippen LogP contribution in [-0.2, 0) is 112 Å². The molecule has 4 aromatic carbocycles.